The summed E-state index contributed by atoms with van der Waals surface area (Å²) in [6, 6.07) is -0.348. The van der Waals surface area contributed by atoms with E-state index in [-0.39, 0.29) is 25.0 Å². The van der Waals surface area contributed by atoms with Crippen LogP contribution < -0.4 is 5.32 Å². The fourth-order valence-corrected chi connectivity index (χ4v) is 1.50. The topological polar surface area (TPSA) is 86.6 Å². The van der Waals surface area contributed by atoms with Crippen molar-refractivity contribution in [2.24, 2.45) is 0 Å². The average molecular weight is 211 g/mol. The summed E-state index contributed by atoms with van der Waals surface area (Å²) in [5, 5.41) is 20.1. The molecule has 0 unspecified atom stereocenters. The van der Waals surface area contributed by atoms with Crippen LogP contribution in [0.3, 0.4) is 0 Å². The predicted octanol–water partition coefficient (Wildman–Crippen LogP) is -1.64. The second-order valence-electron chi connectivity index (χ2n) is 3.00. The lowest BCUT2D eigenvalue weighted by atomic mass is 10.3. The third-order valence-electron chi connectivity index (χ3n) is 1.57. The van der Waals surface area contributed by atoms with Crippen molar-refractivity contribution in [3.8, 4) is 0 Å². The van der Waals surface area contributed by atoms with Crippen LogP contribution in [0.15, 0.2) is 0 Å². The Morgan fingerprint density at radius 1 is 1.31 bits per heavy atom. The molecule has 0 fully saturated rings. The van der Waals surface area contributed by atoms with E-state index in [1.807, 2.05) is 0 Å². The maximum absolute atomic E-state index is 10.7. The molecule has 0 aliphatic heterocycles. The fraction of sp³-hybridized carbons (Fsp3) is 1.00. The van der Waals surface area contributed by atoms with Crippen molar-refractivity contribution in [2.75, 3.05) is 31.8 Å². The minimum atomic E-state index is -2.90. The van der Waals surface area contributed by atoms with E-state index in [1.54, 1.807) is 0 Å². The van der Waals surface area contributed by atoms with Gasteiger partial charge in [-0.15, -0.1) is 0 Å². The van der Waals surface area contributed by atoms with E-state index < -0.39 is 9.84 Å². The van der Waals surface area contributed by atoms with Crippen LogP contribution in [0.1, 0.15) is 6.42 Å². The van der Waals surface area contributed by atoms with E-state index in [2.05, 4.69) is 5.32 Å². The maximum atomic E-state index is 10.7. The lowest BCUT2D eigenvalue weighted by Crippen LogP contribution is -2.36. The van der Waals surface area contributed by atoms with Gasteiger partial charge in [0.2, 0.25) is 0 Å². The van der Waals surface area contributed by atoms with Crippen LogP contribution >= 0.6 is 0 Å². The van der Waals surface area contributed by atoms with E-state index in [0.717, 1.165) is 0 Å². The van der Waals surface area contributed by atoms with Gasteiger partial charge in [-0.1, -0.05) is 0 Å². The SMILES string of the molecule is CS(=O)(=O)CCCNC(CO)CO. The molecule has 0 atom stereocenters. The van der Waals surface area contributed by atoms with Crippen molar-refractivity contribution in [2.45, 2.75) is 12.5 Å². The smallest absolute Gasteiger partial charge is 0.147 e. The van der Waals surface area contributed by atoms with E-state index in [1.165, 1.54) is 6.26 Å². The van der Waals surface area contributed by atoms with Crippen molar-refractivity contribution in [3.05, 3.63) is 0 Å². The zero-order valence-corrected chi connectivity index (χ0v) is 8.55. The van der Waals surface area contributed by atoms with Crippen molar-refractivity contribution in [1.29, 1.82) is 0 Å². The van der Waals surface area contributed by atoms with Crippen molar-refractivity contribution in [1.82, 2.24) is 5.32 Å². The van der Waals surface area contributed by atoms with E-state index in [4.69, 9.17) is 10.2 Å². The standard InChI is InChI=1S/C7H17NO4S/c1-13(11,12)4-2-3-8-7(5-9)6-10/h7-10H,2-6H2,1H3. The molecule has 0 amide bonds. The lowest BCUT2D eigenvalue weighted by Gasteiger charge is -2.12. The molecule has 0 bridgehead atoms. The normalized spacial score (nSPS) is 12.3. The Kier molecular flexibility index (Phi) is 6.23. The fourth-order valence-electron chi connectivity index (χ4n) is 0.827. The zero-order valence-electron chi connectivity index (χ0n) is 7.73. The Hall–Kier alpha value is -0.170. The van der Waals surface area contributed by atoms with Crippen LogP contribution in [-0.4, -0.2) is 56.4 Å². The van der Waals surface area contributed by atoms with Crippen LogP contribution in [0.4, 0.5) is 0 Å². The second-order valence-corrected chi connectivity index (χ2v) is 5.26. The average Bonchev–Trinajstić information content (AvgIpc) is 2.03. The van der Waals surface area contributed by atoms with Crippen LogP contribution in [0, 0.1) is 0 Å². The summed E-state index contributed by atoms with van der Waals surface area (Å²) in [5.41, 5.74) is 0. The van der Waals surface area contributed by atoms with Gasteiger partial charge in [-0.2, -0.15) is 0 Å². The molecule has 0 aliphatic rings. The molecule has 0 rings (SSSR count). The molecule has 0 saturated carbocycles. The highest BCUT2D eigenvalue weighted by Gasteiger charge is 2.05. The molecule has 0 radical (unpaired) electrons. The summed E-state index contributed by atoms with van der Waals surface area (Å²) in [4.78, 5) is 0. The van der Waals surface area contributed by atoms with Crippen LogP contribution in [-0.2, 0) is 9.84 Å². The number of hydrogen-bond acceptors (Lipinski definition) is 5. The van der Waals surface area contributed by atoms with E-state index in [9.17, 15) is 8.42 Å². The molecule has 3 N–H and O–H groups in total. The summed E-state index contributed by atoms with van der Waals surface area (Å²) in [7, 11) is -2.90. The van der Waals surface area contributed by atoms with Gasteiger partial charge in [-0.05, 0) is 13.0 Å². The van der Waals surface area contributed by atoms with Gasteiger partial charge < -0.3 is 15.5 Å². The molecule has 5 nitrogen and oxygen atoms in total. The van der Waals surface area contributed by atoms with Crippen LogP contribution in [0.5, 0.6) is 0 Å². The molecule has 0 spiro atoms. The largest absolute Gasteiger partial charge is 0.395 e. The van der Waals surface area contributed by atoms with Crippen molar-refractivity contribution in [3.63, 3.8) is 0 Å². The number of nitrogens with one attached hydrogen (secondary N) is 1. The maximum Gasteiger partial charge on any atom is 0.147 e. The Bertz CT molecular complexity index is 211. The Morgan fingerprint density at radius 2 is 1.85 bits per heavy atom. The zero-order chi connectivity index (χ0) is 10.3. The molecule has 0 aromatic heterocycles. The first-order valence-electron chi connectivity index (χ1n) is 4.12. The van der Waals surface area contributed by atoms with Crippen LogP contribution in [0.2, 0.25) is 0 Å². The molecule has 0 heterocycles. The summed E-state index contributed by atoms with van der Waals surface area (Å²) >= 11 is 0. The number of hydrogen-bond donors (Lipinski definition) is 3. The molecule has 6 heteroatoms. The summed E-state index contributed by atoms with van der Waals surface area (Å²) < 4.78 is 21.4. The first-order valence-corrected chi connectivity index (χ1v) is 6.18. The van der Waals surface area contributed by atoms with Gasteiger partial charge in [0, 0.05) is 6.26 Å². The predicted molar refractivity (Wildman–Crippen MR) is 50.3 cm³/mol. The van der Waals surface area contributed by atoms with Gasteiger partial charge >= 0.3 is 0 Å². The molecule has 13 heavy (non-hydrogen) atoms. The first-order chi connectivity index (χ1) is 5.99. The van der Waals surface area contributed by atoms with Gasteiger partial charge in [0.05, 0.1) is 25.0 Å². The van der Waals surface area contributed by atoms with Gasteiger partial charge in [0.25, 0.3) is 0 Å². The molecular formula is C7H17NO4S. The second kappa shape index (κ2) is 6.31. The Labute approximate surface area is 78.7 Å². The number of aliphatic hydroxyl groups is 2. The highest BCUT2D eigenvalue weighted by molar-refractivity contribution is 7.90. The van der Waals surface area contributed by atoms with E-state index in [0.29, 0.717) is 13.0 Å². The molecule has 0 aliphatic carbocycles. The monoisotopic (exact) mass is 211 g/mol. The summed E-state index contributed by atoms with van der Waals surface area (Å²) in [5.74, 6) is 0.129. The quantitative estimate of drug-likeness (QED) is 0.440. The number of rotatable bonds is 7. The Morgan fingerprint density at radius 3 is 2.23 bits per heavy atom. The third kappa shape index (κ3) is 8.17. The summed E-state index contributed by atoms with van der Waals surface area (Å²) in [6.07, 6.45) is 1.68. The molecule has 0 saturated heterocycles. The first kappa shape index (κ1) is 12.8. The molecule has 0 aromatic rings. The van der Waals surface area contributed by atoms with Gasteiger partial charge in [0.1, 0.15) is 9.84 Å². The van der Waals surface area contributed by atoms with Crippen molar-refractivity contribution < 1.29 is 18.6 Å². The molecule has 80 valence electrons. The van der Waals surface area contributed by atoms with Gasteiger partial charge in [-0.3, -0.25) is 0 Å². The molecule has 0 aromatic carbocycles. The van der Waals surface area contributed by atoms with Gasteiger partial charge in [0.15, 0.2) is 0 Å². The number of aliphatic hydroxyl groups excluding tert-OH is 2. The van der Waals surface area contributed by atoms with Crippen molar-refractivity contribution >= 4 is 9.84 Å². The summed E-state index contributed by atoms with van der Waals surface area (Å²) in [6.45, 7) is 0.198. The van der Waals surface area contributed by atoms with E-state index >= 15 is 0 Å². The molecular weight excluding hydrogens is 194 g/mol. The minimum absolute atomic E-state index is 0.129. The van der Waals surface area contributed by atoms with Gasteiger partial charge in [-0.25, -0.2) is 8.42 Å². The Balaban J connectivity index is 3.45. The highest BCUT2D eigenvalue weighted by atomic mass is 32.2. The third-order valence-corrected chi connectivity index (χ3v) is 2.60. The highest BCUT2D eigenvalue weighted by Crippen LogP contribution is 1.88. The van der Waals surface area contributed by atoms with Crippen LogP contribution in [0.25, 0.3) is 0 Å². The minimum Gasteiger partial charge on any atom is -0.395 e. The number of sulfone groups is 1. The lowest BCUT2D eigenvalue weighted by molar-refractivity contribution is 0.171.